The Labute approximate surface area is 438 Å². The van der Waals surface area contributed by atoms with Crippen LogP contribution in [0.3, 0.4) is 0 Å². The van der Waals surface area contributed by atoms with Crippen molar-refractivity contribution in [2.45, 2.75) is 90.0 Å². The molecule has 3 aliphatic rings. The molecule has 0 saturated heterocycles. The van der Waals surface area contributed by atoms with E-state index in [2.05, 4.69) is 345 Å². The first kappa shape index (κ1) is 54.8. The highest BCUT2D eigenvalue weighted by atomic mass is 28.3. The molecule has 0 N–H and O–H groups in total. The van der Waals surface area contributed by atoms with E-state index in [1.165, 1.54) is 5.57 Å². The number of allylic oxidation sites excluding steroid dienone is 4. The van der Waals surface area contributed by atoms with Crippen LogP contribution in [0.25, 0.3) is 5.57 Å². The highest BCUT2D eigenvalue weighted by Gasteiger charge is 2.57. The molecule has 0 bridgehead atoms. The van der Waals surface area contributed by atoms with Gasteiger partial charge in [-0.05, 0) is 283 Å². The lowest BCUT2D eigenvalue weighted by Crippen LogP contribution is -2.67. The Bertz CT molecular complexity index is 3810. The van der Waals surface area contributed by atoms with Gasteiger partial charge in [0.15, 0.2) is 0 Å². The molecular weight excluding hydrogens is 895 g/mol. The van der Waals surface area contributed by atoms with Gasteiger partial charge in [0.25, 0.3) is 0 Å². The Balaban J connectivity index is 1.68. The first-order valence-electron chi connectivity index (χ1n) is 22.5. The third-order valence-corrected chi connectivity index (χ3v) is 15.9. The summed E-state index contributed by atoms with van der Waals surface area (Å²) >= 11 is 0. The SMILES string of the molecule is C#CC#CC#CC#CC#CC#CC#CC#CC#CC#CC#CC1(C#CC#CC#CC#CC#CC#CC#CC#CC#CC#CC#C)C2=CC3CC(C)C([Si](C)(C)N(C(C)(C)C)C(C)(C)C)C3C=C2c2ccccc21. The summed E-state index contributed by atoms with van der Waals surface area (Å²) in [6.45, 7) is 21.8. The Morgan fingerprint density at radius 2 is 0.781 bits per heavy atom. The summed E-state index contributed by atoms with van der Waals surface area (Å²) in [5, 5.41) is 0. The van der Waals surface area contributed by atoms with Gasteiger partial charge in [0, 0.05) is 58.4 Å². The van der Waals surface area contributed by atoms with Crippen molar-refractivity contribution in [2.24, 2.45) is 17.8 Å². The van der Waals surface area contributed by atoms with Crippen LogP contribution in [0.2, 0.25) is 18.6 Å². The minimum atomic E-state index is -2.07. The van der Waals surface area contributed by atoms with Gasteiger partial charge >= 0.3 is 0 Å². The molecule has 1 nitrogen and oxygen atoms in total. The van der Waals surface area contributed by atoms with Crippen LogP contribution in [-0.4, -0.2) is 23.9 Å². The van der Waals surface area contributed by atoms with Crippen LogP contribution in [0.15, 0.2) is 42.0 Å². The summed E-state index contributed by atoms with van der Waals surface area (Å²) in [6.07, 6.45) is 16.1. The van der Waals surface area contributed by atoms with Crippen molar-refractivity contribution in [1.82, 2.24) is 4.57 Å². The van der Waals surface area contributed by atoms with E-state index in [4.69, 9.17) is 12.8 Å². The summed E-state index contributed by atoms with van der Waals surface area (Å²) in [4.78, 5) is 0. The van der Waals surface area contributed by atoms with Crippen LogP contribution in [-0.2, 0) is 5.41 Å². The third kappa shape index (κ3) is 16.4. The van der Waals surface area contributed by atoms with Gasteiger partial charge in [-0.1, -0.05) is 68.3 Å². The molecule has 4 unspecified atom stereocenters. The highest BCUT2D eigenvalue weighted by molar-refractivity contribution is 6.76. The molecule has 3 aliphatic carbocycles. The Hall–Kier alpha value is -10.8. The quantitative estimate of drug-likeness (QED) is 0.222. The van der Waals surface area contributed by atoms with Crippen molar-refractivity contribution < 1.29 is 0 Å². The lowest BCUT2D eigenvalue weighted by Gasteiger charge is -2.57. The Morgan fingerprint density at radius 3 is 1.11 bits per heavy atom. The van der Waals surface area contributed by atoms with Crippen molar-refractivity contribution in [2.75, 3.05) is 0 Å². The van der Waals surface area contributed by atoms with Gasteiger partial charge in [0.05, 0.1) is 0 Å². The predicted molar refractivity (Wildman–Crippen MR) is 301 cm³/mol. The van der Waals surface area contributed by atoms with Crippen LogP contribution >= 0.6 is 0 Å². The van der Waals surface area contributed by atoms with Crippen molar-refractivity contribution in [3.8, 4) is 262 Å². The minimum Gasteiger partial charge on any atom is -0.314 e. The van der Waals surface area contributed by atoms with E-state index < -0.39 is 13.7 Å². The molecule has 0 amide bonds. The van der Waals surface area contributed by atoms with Gasteiger partial charge in [0.1, 0.15) is 13.7 Å². The maximum absolute atomic E-state index is 5.02. The van der Waals surface area contributed by atoms with Gasteiger partial charge in [-0.15, -0.1) is 12.8 Å². The maximum atomic E-state index is 5.02. The molecule has 1 saturated carbocycles. The molecular formula is C71H41NSi. The summed E-state index contributed by atoms with van der Waals surface area (Å²) in [6, 6.07) is 8.37. The van der Waals surface area contributed by atoms with Crippen LogP contribution < -0.4 is 0 Å². The molecule has 0 aromatic heterocycles. The first-order chi connectivity index (χ1) is 35.2. The van der Waals surface area contributed by atoms with Crippen molar-refractivity contribution in [3.05, 3.63) is 53.1 Å². The first-order valence-corrected chi connectivity index (χ1v) is 25.5. The van der Waals surface area contributed by atoms with E-state index in [9.17, 15) is 0 Å². The fraction of sp³-hybridized carbons (Fsp3) is 0.239. The van der Waals surface area contributed by atoms with E-state index in [0.29, 0.717) is 23.3 Å². The molecule has 0 heterocycles. The number of benzene rings is 1. The van der Waals surface area contributed by atoms with E-state index in [1.807, 2.05) is 6.07 Å². The molecule has 4 atom stereocenters. The number of hydrogen-bond acceptors (Lipinski definition) is 1. The fourth-order valence-corrected chi connectivity index (χ4v) is 16.4. The standard InChI is InChI=1S/C71H41NSi/c1-12-14-16-18-20-22-24-26-28-30-32-34-36-38-40-42-44-46-48-52-56-71(57-53-49-47-45-43-41-39-37-35-33-31-29-27-25-23-21-19-17-15-13-2)66-55-51-50-54-63(66)65-60-64-62(59-67(65)71)58-61(3)68(64)73(10,11)72(69(4,5)6)70(7,8)9/h1-2,50-51,54-55,59-62,64,68H,58H2,3-11H3. The number of hydrogen-bond donors (Lipinski definition) is 0. The van der Waals surface area contributed by atoms with Gasteiger partial charge in [-0.3, -0.25) is 0 Å². The van der Waals surface area contributed by atoms with E-state index in [-0.39, 0.29) is 11.1 Å². The number of fused-ring (bicyclic) bond motifs is 4. The Kier molecular flexibility index (Phi) is 20.9. The van der Waals surface area contributed by atoms with E-state index in [0.717, 1.165) is 23.1 Å². The van der Waals surface area contributed by atoms with Crippen molar-refractivity contribution in [1.29, 1.82) is 0 Å². The normalized spacial score (nSPS) is 15.0. The lowest BCUT2D eigenvalue weighted by atomic mass is 9.74. The zero-order valence-electron chi connectivity index (χ0n) is 42.1. The molecule has 2 heteroatoms. The second-order valence-electron chi connectivity index (χ2n) is 18.1. The highest BCUT2D eigenvalue weighted by Crippen LogP contribution is 2.61. The predicted octanol–water partition coefficient (Wildman–Crippen LogP) is 7.34. The molecule has 1 aromatic rings. The molecule has 0 aliphatic heterocycles. The smallest absolute Gasteiger partial charge is 0.144 e. The number of rotatable bonds is 2. The van der Waals surface area contributed by atoms with Crippen LogP contribution in [0.1, 0.15) is 66.0 Å². The molecule has 1 aromatic carbocycles. The molecule has 4 rings (SSSR count). The molecule has 0 spiro atoms. The maximum Gasteiger partial charge on any atom is 0.144 e. The van der Waals surface area contributed by atoms with Crippen LogP contribution in [0, 0.1) is 279 Å². The average Bonchev–Trinajstić information content (AvgIpc) is 3.81. The Morgan fingerprint density at radius 1 is 0.466 bits per heavy atom. The van der Waals surface area contributed by atoms with Gasteiger partial charge in [0.2, 0.25) is 0 Å². The average molecular weight is 936 g/mol. The monoisotopic (exact) mass is 935 g/mol. The third-order valence-electron chi connectivity index (χ3n) is 10.8. The van der Waals surface area contributed by atoms with Gasteiger partial charge in [-0.25, -0.2) is 0 Å². The minimum absolute atomic E-state index is 0.00544. The van der Waals surface area contributed by atoms with Gasteiger partial charge in [-0.2, -0.15) is 0 Å². The van der Waals surface area contributed by atoms with Crippen LogP contribution in [0.4, 0.5) is 0 Å². The van der Waals surface area contributed by atoms with Crippen molar-refractivity contribution in [3.63, 3.8) is 0 Å². The second-order valence-corrected chi connectivity index (χ2v) is 22.5. The van der Waals surface area contributed by atoms with E-state index >= 15 is 0 Å². The fourth-order valence-electron chi connectivity index (χ4n) is 9.86. The molecule has 73 heavy (non-hydrogen) atoms. The largest absolute Gasteiger partial charge is 0.314 e. The number of nitrogens with zero attached hydrogens (tertiary/aromatic N) is 1. The summed E-state index contributed by atoms with van der Waals surface area (Å²) in [7, 11) is -2.07. The zero-order valence-corrected chi connectivity index (χ0v) is 43.1. The zero-order chi connectivity index (χ0) is 52.8. The number of terminal acetylenes is 2. The summed E-state index contributed by atoms with van der Waals surface area (Å²) in [5.41, 5.74) is 3.87. The summed E-state index contributed by atoms with van der Waals surface area (Å²) in [5.74, 6) is 112. The lowest BCUT2D eigenvalue weighted by molar-refractivity contribution is 0.121. The molecule has 1 fully saturated rings. The molecule has 334 valence electrons. The van der Waals surface area contributed by atoms with Crippen LogP contribution in [0.5, 0.6) is 0 Å². The van der Waals surface area contributed by atoms with Gasteiger partial charge < -0.3 is 4.57 Å². The summed E-state index contributed by atoms with van der Waals surface area (Å²) < 4.78 is 2.86. The molecule has 0 radical (unpaired) electrons. The van der Waals surface area contributed by atoms with E-state index in [1.54, 1.807) is 0 Å². The van der Waals surface area contributed by atoms with Crippen molar-refractivity contribution >= 4 is 13.8 Å². The topological polar surface area (TPSA) is 3.24 Å². The second kappa shape index (κ2) is 27.9.